The van der Waals surface area contributed by atoms with Crippen LogP contribution in [0.5, 0.6) is 0 Å². The van der Waals surface area contributed by atoms with E-state index in [2.05, 4.69) is 40.6 Å². The summed E-state index contributed by atoms with van der Waals surface area (Å²) in [5.74, 6) is 2.32. The van der Waals surface area contributed by atoms with E-state index >= 15 is 0 Å². The van der Waals surface area contributed by atoms with E-state index in [-0.39, 0.29) is 0 Å². The van der Waals surface area contributed by atoms with Crippen LogP contribution in [-0.2, 0) is 25.7 Å². The molecule has 0 N–H and O–H groups in total. The van der Waals surface area contributed by atoms with Crippen LogP contribution in [0.25, 0.3) is 0 Å². The van der Waals surface area contributed by atoms with Crippen LogP contribution in [0, 0.1) is 0 Å². The van der Waals surface area contributed by atoms with Crippen LogP contribution < -0.4 is 0 Å². The van der Waals surface area contributed by atoms with Crippen LogP contribution in [0.2, 0.25) is 0 Å². The van der Waals surface area contributed by atoms with E-state index in [0.717, 1.165) is 0 Å². The molecule has 0 aliphatic carbocycles. The molecule has 0 atom stereocenters. The summed E-state index contributed by atoms with van der Waals surface area (Å²) in [5, 5.41) is 0. The number of hydrogen-bond acceptors (Lipinski definition) is 0. The quantitative estimate of drug-likeness (QED) is 0.680. The monoisotopic (exact) mass is 188 g/mol. The first-order chi connectivity index (χ1) is 6.78. The minimum absolute atomic E-state index is 1.17. The van der Waals surface area contributed by atoms with Crippen LogP contribution >= 0.6 is 0 Å². The first-order valence-corrected chi connectivity index (χ1v) is 5.90. The third-order valence-corrected chi connectivity index (χ3v) is 3.09. The summed E-state index contributed by atoms with van der Waals surface area (Å²) in [4.78, 5) is 0. The molecule has 0 saturated heterocycles. The number of aryl methyl sites for hydroxylation is 2. The van der Waals surface area contributed by atoms with Gasteiger partial charge in [0.15, 0.2) is 0 Å². The standard InChI is InChI=1S/C13H21B/c1-5-10-9-14-13(8-4)12(7-3)11(10)6-2/h9H,5-8H2,1-4H3. The van der Waals surface area contributed by atoms with E-state index in [0.29, 0.717) is 0 Å². The molecule has 0 unspecified atom stereocenters. The fraction of sp³-hybridized carbons (Fsp3) is 0.615. The van der Waals surface area contributed by atoms with Crippen molar-refractivity contribution < 1.29 is 0 Å². The Morgan fingerprint density at radius 1 is 0.857 bits per heavy atom. The van der Waals surface area contributed by atoms with Gasteiger partial charge >= 0.3 is 88.4 Å². The molecular weight excluding hydrogens is 167 g/mol. The average molecular weight is 188 g/mol. The van der Waals surface area contributed by atoms with Crippen molar-refractivity contribution in [2.24, 2.45) is 0 Å². The van der Waals surface area contributed by atoms with Gasteiger partial charge in [0.1, 0.15) is 0 Å². The fourth-order valence-electron chi connectivity index (χ4n) is 2.33. The predicted octanol–water partition coefficient (Wildman–Crippen LogP) is 3.27. The summed E-state index contributed by atoms with van der Waals surface area (Å²) in [6.07, 6.45) is 4.70. The second-order valence-electron chi connectivity index (χ2n) is 3.76. The van der Waals surface area contributed by atoms with Gasteiger partial charge in [0, 0.05) is 0 Å². The van der Waals surface area contributed by atoms with Crippen LogP contribution in [0.4, 0.5) is 0 Å². The third-order valence-electron chi connectivity index (χ3n) is 3.09. The van der Waals surface area contributed by atoms with Crippen molar-refractivity contribution in [1.29, 1.82) is 0 Å². The molecule has 0 amide bonds. The molecule has 1 aromatic rings. The van der Waals surface area contributed by atoms with Gasteiger partial charge in [-0.2, -0.15) is 0 Å². The maximum absolute atomic E-state index is 2.32. The van der Waals surface area contributed by atoms with Crippen molar-refractivity contribution in [1.82, 2.24) is 0 Å². The third kappa shape index (κ3) is 2.08. The summed E-state index contributed by atoms with van der Waals surface area (Å²) in [7, 11) is 0. The van der Waals surface area contributed by atoms with Gasteiger partial charge in [-0.15, -0.1) is 0 Å². The van der Waals surface area contributed by atoms with Crippen molar-refractivity contribution in [2.75, 3.05) is 0 Å². The molecule has 0 bridgehead atoms. The number of rotatable bonds is 4. The van der Waals surface area contributed by atoms with Gasteiger partial charge in [-0.1, -0.05) is 0 Å². The maximum atomic E-state index is 2.32. The van der Waals surface area contributed by atoms with E-state index in [4.69, 9.17) is 0 Å². The van der Waals surface area contributed by atoms with E-state index < -0.39 is 0 Å². The molecule has 1 aromatic heterocycles. The zero-order valence-electron chi connectivity index (χ0n) is 9.98. The van der Waals surface area contributed by atoms with Gasteiger partial charge in [0.2, 0.25) is 0 Å². The van der Waals surface area contributed by atoms with Gasteiger partial charge in [-0.05, 0) is 0 Å². The van der Waals surface area contributed by atoms with E-state index in [1.165, 1.54) is 25.7 Å². The van der Waals surface area contributed by atoms with Gasteiger partial charge in [0.05, 0.1) is 0 Å². The van der Waals surface area contributed by atoms with Crippen molar-refractivity contribution in [3.05, 3.63) is 28.1 Å². The van der Waals surface area contributed by atoms with Gasteiger partial charge in [0.25, 0.3) is 0 Å². The molecule has 0 aromatic carbocycles. The van der Waals surface area contributed by atoms with Crippen molar-refractivity contribution in [3.8, 4) is 0 Å². The molecule has 0 radical (unpaired) electrons. The Kier molecular flexibility index (Phi) is 4.38. The van der Waals surface area contributed by atoms with Crippen LogP contribution in [0.1, 0.15) is 49.8 Å². The second kappa shape index (κ2) is 5.33. The molecule has 0 aliphatic heterocycles. The summed E-state index contributed by atoms with van der Waals surface area (Å²) in [6.45, 7) is 11.4. The van der Waals surface area contributed by atoms with Crippen molar-refractivity contribution >= 4 is 6.91 Å². The van der Waals surface area contributed by atoms with E-state index in [1.807, 2.05) is 0 Å². The Morgan fingerprint density at radius 3 is 1.93 bits per heavy atom. The predicted molar refractivity (Wildman–Crippen MR) is 65.3 cm³/mol. The number of hydrogen-bond donors (Lipinski definition) is 0. The van der Waals surface area contributed by atoms with Crippen molar-refractivity contribution in [2.45, 2.75) is 53.4 Å². The summed E-state index contributed by atoms with van der Waals surface area (Å²) < 4.78 is 0. The van der Waals surface area contributed by atoms with Gasteiger partial charge in [-0.25, -0.2) is 0 Å². The average Bonchev–Trinajstić information content (AvgIpc) is 2.26. The topological polar surface area (TPSA) is 0 Å². The van der Waals surface area contributed by atoms with E-state index in [1.54, 1.807) is 22.1 Å². The first kappa shape index (κ1) is 11.5. The van der Waals surface area contributed by atoms with Crippen molar-refractivity contribution in [3.63, 3.8) is 0 Å². The molecule has 14 heavy (non-hydrogen) atoms. The molecule has 1 heterocycles. The molecule has 0 saturated carbocycles. The molecule has 0 aliphatic rings. The Bertz CT molecular complexity index is 271. The van der Waals surface area contributed by atoms with Crippen LogP contribution in [-0.4, -0.2) is 6.91 Å². The molecule has 76 valence electrons. The fourth-order valence-corrected chi connectivity index (χ4v) is 2.33. The van der Waals surface area contributed by atoms with Crippen LogP contribution in [0.3, 0.4) is 0 Å². The molecule has 1 rings (SSSR count). The molecule has 1 heteroatoms. The molecule has 0 spiro atoms. The first-order valence-electron chi connectivity index (χ1n) is 5.90. The zero-order chi connectivity index (χ0) is 10.6. The summed E-state index contributed by atoms with van der Waals surface area (Å²) in [5.41, 5.74) is 6.30. The van der Waals surface area contributed by atoms with E-state index in [9.17, 15) is 0 Å². The zero-order valence-corrected chi connectivity index (χ0v) is 9.98. The summed E-state index contributed by atoms with van der Waals surface area (Å²) >= 11 is 0. The van der Waals surface area contributed by atoms with Crippen LogP contribution in [0.15, 0.2) is 5.96 Å². The molecule has 0 fully saturated rings. The second-order valence-corrected chi connectivity index (χ2v) is 3.76. The minimum atomic E-state index is 1.17. The normalized spacial score (nSPS) is 10.3. The SMILES string of the molecule is CCc1bcc(CC)c(CC)c1CC. The Balaban J connectivity index is 3.28. The van der Waals surface area contributed by atoms with Gasteiger partial charge in [-0.3, -0.25) is 0 Å². The van der Waals surface area contributed by atoms with Gasteiger partial charge < -0.3 is 0 Å². The Labute approximate surface area is 89.0 Å². The molecular formula is C13H21B. The molecule has 0 nitrogen and oxygen atoms in total. The summed E-state index contributed by atoms with van der Waals surface area (Å²) in [6, 6.07) is 0. The Hall–Kier alpha value is -0.585. The Morgan fingerprint density at radius 2 is 1.50 bits per heavy atom.